The van der Waals surface area contributed by atoms with Crippen molar-refractivity contribution in [1.29, 1.82) is 0 Å². The number of nitrogens with one attached hydrogen (secondary N) is 2. The van der Waals surface area contributed by atoms with Gasteiger partial charge < -0.3 is 20.1 Å². The van der Waals surface area contributed by atoms with Gasteiger partial charge in [-0.2, -0.15) is 0 Å². The number of carbonyl (C=O) groups excluding carboxylic acids is 5. The minimum Gasteiger partial charge on any atom is -0.462 e. The molecule has 0 saturated carbocycles. The first-order valence-electron chi connectivity index (χ1n) is 12.2. The van der Waals surface area contributed by atoms with Crippen molar-refractivity contribution in [3.8, 4) is 0 Å². The van der Waals surface area contributed by atoms with Gasteiger partial charge in [-0.1, -0.05) is 11.6 Å². The fourth-order valence-corrected chi connectivity index (χ4v) is 3.98. The Morgan fingerprint density at radius 1 is 0.700 bits per heavy atom. The second-order valence-electron chi connectivity index (χ2n) is 8.36. The largest absolute Gasteiger partial charge is 0.462 e. The van der Waals surface area contributed by atoms with Crippen LogP contribution in [0, 0.1) is 0 Å². The first-order chi connectivity index (χ1) is 19.2. The number of hydrogen-bond donors (Lipinski definition) is 2. The van der Waals surface area contributed by atoms with E-state index in [1.807, 2.05) is 0 Å². The highest BCUT2D eigenvalue weighted by Gasteiger charge is 2.39. The molecule has 1 heterocycles. The van der Waals surface area contributed by atoms with Crippen LogP contribution in [0.5, 0.6) is 0 Å². The first-order valence-corrected chi connectivity index (χ1v) is 12.6. The summed E-state index contributed by atoms with van der Waals surface area (Å²) in [5, 5.41) is 5.28. The maximum Gasteiger partial charge on any atom is 0.338 e. The minimum absolute atomic E-state index is 0.125. The lowest BCUT2D eigenvalue weighted by Gasteiger charge is -2.15. The Morgan fingerprint density at radius 2 is 1.18 bits per heavy atom. The van der Waals surface area contributed by atoms with E-state index in [9.17, 15) is 24.0 Å². The molecular formula is C29H24ClN3O7. The molecule has 4 rings (SSSR count). The second kappa shape index (κ2) is 12.3. The van der Waals surface area contributed by atoms with Crippen LogP contribution in [0.3, 0.4) is 0 Å². The summed E-state index contributed by atoms with van der Waals surface area (Å²) in [6, 6.07) is 18.3. The molecule has 204 valence electrons. The second-order valence-corrected chi connectivity index (χ2v) is 8.73. The molecule has 10 nitrogen and oxygen atoms in total. The Kier molecular flexibility index (Phi) is 8.60. The zero-order valence-electron chi connectivity index (χ0n) is 21.5. The van der Waals surface area contributed by atoms with Crippen LogP contribution >= 0.6 is 11.6 Å². The summed E-state index contributed by atoms with van der Waals surface area (Å²) in [6.45, 7) is 3.89. The van der Waals surface area contributed by atoms with Crippen LogP contribution in [-0.2, 0) is 19.1 Å². The molecule has 0 spiro atoms. The Balaban J connectivity index is 1.41. The number of benzene rings is 3. The van der Waals surface area contributed by atoms with Crippen LogP contribution in [0.15, 0.2) is 83.5 Å². The summed E-state index contributed by atoms with van der Waals surface area (Å²) in [7, 11) is 0. The normalized spacial score (nSPS) is 12.8. The summed E-state index contributed by atoms with van der Waals surface area (Å²) in [4.78, 5) is 63.0. The van der Waals surface area contributed by atoms with Gasteiger partial charge in [0.1, 0.15) is 10.7 Å². The predicted octanol–water partition coefficient (Wildman–Crippen LogP) is 4.73. The van der Waals surface area contributed by atoms with E-state index < -0.39 is 29.7 Å². The molecule has 0 fully saturated rings. The van der Waals surface area contributed by atoms with Gasteiger partial charge in [-0.15, -0.1) is 0 Å². The summed E-state index contributed by atoms with van der Waals surface area (Å²) in [5.74, 6) is -2.75. The molecule has 3 amide bonds. The molecule has 1 aliphatic heterocycles. The number of anilines is 3. The van der Waals surface area contributed by atoms with Crippen LogP contribution in [0.25, 0.3) is 0 Å². The van der Waals surface area contributed by atoms with Crippen molar-refractivity contribution in [3.63, 3.8) is 0 Å². The van der Waals surface area contributed by atoms with Gasteiger partial charge in [-0.05, 0) is 86.6 Å². The van der Waals surface area contributed by atoms with Crippen molar-refractivity contribution in [1.82, 2.24) is 0 Å². The molecular weight excluding hydrogens is 538 g/mol. The maximum absolute atomic E-state index is 13.0. The standard InChI is InChI=1S/C29H24ClN3O7/c1-3-39-28(37)18-7-13-21(14-8-18)32-25(34)17-5-11-20(12-6-17)31-24-23(30)26(35)33(27(24)36)22-15-9-19(10-16-22)29(38)40-4-2/h5-16,31H,3-4H2,1-2H3,(H,32,34). The van der Waals surface area contributed by atoms with Crippen molar-refractivity contribution in [3.05, 3.63) is 100 Å². The number of halogens is 1. The molecule has 0 aliphatic carbocycles. The van der Waals surface area contributed by atoms with E-state index in [4.69, 9.17) is 21.1 Å². The van der Waals surface area contributed by atoms with E-state index >= 15 is 0 Å². The van der Waals surface area contributed by atoms with E-state index in [-0.39, 0.29) is 35.2 Å². The highest BCUT2D eigenvalue weighted by atomic mass is 35.5. The van der Waals surface area contributed by atoms with E-state index in [0.717, 1.165) is 4.90 Å². The average Bonchev–Trinajstić information content (AvgIpc) is 3.17. The van der Waals surface area contributed by atoms with Crippen LogP contribution in [0.1, 0.15) is 44.9 Å². The Hall–Kier alpha value is -4.96. The third-order valence-electron chi connectivity index (χ3n) is 5.73. The Morgan fingerprint density at radius 3 is 1.70 bits per heavy atom. The molecule has 11 heteroatoms. The number of amides is 3. The molecule has 3 aromatic carbocycles. The zero-order valence-corrected chi connectivity index (χ0v) is 22.3. The number of carbonyl (C=O) groups is 5. The Labute approximate surface area is 234 Å². The zero-order chi connectivity index (χ0) is 28.8. The predicted molar refractivity (Wildman–Crippen MR) is 148 cm³/mol. The van der Waals surface area contributed by atoms with Gasteiger partial charge in [-0.25, -0.2) is 14.5 Å². The van der Waals surface area contributed by atoms with Crippen molar-refractivity contribution in [2.75, 3.05) is 28.7 Å². The number of esters is 2. The molecule has 1 aliphatic rings. The number of rotatable bonds is 9. The molecule has 0 atom stereocenters. The van der Waals surface area contributed by atoms with Gasteiger partial charge in [0.15, 0.2) is 0 Å². The van der Waals surface area contributed by atoms with Crippen LogP contribution in [0.2, 0.25) is 0 Å². The van der Waals surface area contributed by atoms with Crippen molar-refractivity contribution in [2.24, 2.45) is 0 Å². The van der Waals surface area contributed by atoms with Crippen molar-refractivity contribution < 1.29 is 33.4 Å². The van der Waals surface area contributed by atoms with Crippen molar-refractivity contribution in [2.45, 2.75) is 13.8 Å². The number of imide groups is 1. The smallest absolute Gasteiger partial charge is 0.338 e. The lowest BCUT2D eigenvalue weighted by molar-refractivity contribution is -0.120. The lowest BCUT2D eigenvalue weighted by atomic mass is 10.1. The van der Waals surface area contributed by atoms with Crippen LogP contribution in [0.4, 0.5) is 17.1 Å². The summed E-state index contributed by atoms with van der Waals surface area (Å²) < 4.78 is 9.88. The lowest BCUT2D eigenvalue weighted by Crippen LogP contribution is -2.32. The quantitative estimate of drug-likeness (QED) is 0.283. The third kappa shape index (κ3) is 6.02. The molecule has 0 radical (unpaired) electrons. The minimum atomic E-state index is -0.719. The average molecular weight is 562 g/mol. The fraction of sp³-hybridized carbons (Fsp3) is 0.138. The fourth-order valence-electron chi connectivity index (χ4n) is 3.76. The van der Waals surface area contributed by atoms with E-state index in [1.54, 1.807) is 50.2 Å². The molecule has 0 aromatic heterocycles. The molecule has 3 aromatic rings. The molecule has 0 saturated heterocycles. The van der Waals surface area contributed by atoms with Gasteiger partial charge in [0.05, 0.1) is 30.0 Å². The monoisotopic (exact) mass is 561 g/mol. The number of nitrogens with zero attached hydrogens (tertiary/aromatic N) is 1. The molecule has 0 unspecified atom stereocenters. The number of hydrogen-bond acceptors (Lipinski definition) is 8. The van der Waals surface area contributed by atoms with Gasteiger partial charge in [0, 0.05) is 16.9 Å². The highest BCUT2D eigenvalue weighted by Crippen LogP contribution is 2.30. The Bertz CT molecular complexity index is 1500. The van der Waals surface area contributed by atoms with E-state index in [1.165, 1.54) is 36.4 Å². The van der Waals surface area contributed by atoms with Crippen molar-refractivity contribution >= 4 is 58.3 Å². The van der Waals surface area contributed by atoms with Crippen LogP contribution < -0.4 is 15.5 Å². The summed E-state index contributed by atoms with van der Waals surface area (Å²) in [6.07, 6.45) is 0. The summed E-state index contributed by atoms with van der Waals surface area (Å²) in [5.41, 5.74) is 2.00. The molecule has 0 bridgehead atoms. The highest BCUT2D eigenvalue weighted by molar-refractivity contribution is 6.53. The van der Waals surface area contributed by atoms with Crippen LogP contribution in [-0.4, -0.2) is 42.9 Å². The van der Waals surface area contributed by atoms with Gasteiger partial charge in [0.25, 0.3) is 17.7 Å². The van der Waals surface area contributed by atoms with Gasteiger partial charge in [-0.3, -0.25) is 14.4 Å². The first kappa shape index (κ1) is 28.1. The SMILES string of the molecule is CCOC(=O)c1ccc(NC(=O)c2ccc(NC3=C(Cl)C(=O)N(c4ccc(C(=O)OCC)cc4)C3=O)cc2)cc1. The summed E-state index contributed by atoms with van der Waals surface area (Å²) >= 11 is 6.20. The number of ether oxygens (including phenoxy) is 2. The topological polar surface area (TPSA) is 131 Å². The van der Waals surface area contributed by atoms with E-state index in [2.05, 4.69) is 10.6 Å². The van der Waals surface area contributed by atoms with E-state index in [0.29, 0.717) is 22.5 Å². The molecule has 2 N–H and O–H groups in total. The van der Waals surface area contributed by atoms with Gasteiger partial charge >= 0.3 is 11.9 Å². The van der Waals surface area contributed by atoms with Gasteiger partial charge in [0.2, 0.25) is 0 Å². The molecule has 40 heavy (non-hydrogen) atoms. The third-order valence-corrected chi connectivity index (χ3v) is 6.08. The maximum atomic E-state index is 13.0.